The normalized spacial score (nSPS) is 19.4. The van der Waals surface area contributed by atoms with E-state index in [1.807, 2.05) is 17.8 Å². The minimum absolute atomic E-state index is 0.184. The Bertz CT molecular complexity index is 477. The van der Waals surface area contributed by atoms with Gasteiger partial charge in [-0.05, 0) is 13.3 Å². The van der Waals surface area contributed by atoms with Gasteiger partial charge in [0.1, 0.15) is 12.4 Å². The highest BCUT2D eigenvalue weighted by Gasteiger charge is 2.26. The van der Waals surface area contributed by atoms with Gasteiger partial charge in [0.2, 0.25) is 0 Å². The molecule has 15 heavy (non-hydrogen) atoms. The van der Waals surface area contributed by atoms with Gasteiger partial charge in [-0.2, -0.15) is 5.10 Å². The van der Waals surface area contributed by atoms with Crippen LogP contribution in [0.5, 0.6) is 0 Å². The van der Waals surface area contributed by atoms with Crippen LogP contribution in [0.25, 0.3) is 0 Å². The molecule has 0 aliphatic carbocycles. The number of hydrogen-bond donors (Lipinski definition) is 1. The molecule has 3 heterocycles. The van der Waals surface area contributed by atoms with Gasteiger partial charge in [-0.25, -0.2) is 0 Å². The van der Waals surface area contributed by atoms with Crippen LogP contribution in [0.15, 0.2) is 12.5 Å². The van der Waals surface area contributed by atoms with Crippen LogP contribution in [0.4, 0.5) is 5.69 Å². The Hall–Kier alpha value is -1.85. The van der Waals surface area contributed by atoms with E-state index >= 15 is 0 Å². The second-order valence-electron chi connectivity index (χ2n) is 3.84. The van der Waals surface area contributed by atoms with E-state index in [9.17, 15) is 0 Å². The topological polar surface area (TPSA) is 74.5 Å². The summed E-state index contributed by atoms with van der Waals surface area (Å²) in [6.07, 6.45) is 4.63. The van der Waals surface area contributed by atoms with E-state index in [1.165, 1.54) is 0 Å². The first-order valence-electron chi connectivity index (χ1n) is 4.94. The zero-order valence-corrected chi connectivity index (χ0v) is 8.46. The molecule has 0 saturated heterocycles. The largest absolute Gasteiger partial charge is 0.396 e. The average molecular weight is 204 g/mol. The van der Waals surface area contributed by atoms with Crippen LogP contribution in [-0.2, 0) is 6.54 Å². The summed E-state index contributed by atoms with van der Waals surface area (Å²) in [5, 5.41) is 12.4. The highest BCUT2D eigenvalue weighted by Crippen LogP contribution is 2.27. The maximum absolute atomic E-state index is 5.78. The third-order valence-corrected chi connectivity index (χ3v) is 2.86. The van der Waals surface area contributed by atoms with Crippen molar-refractivity contribution in [3.05, 3.63) is 24.0 Å². The molecular formula is C9H12N6. The predicted octanol–water partition coefficient (Wildman–Crippen LogP) is 0.358. The molecule has 1 aliphatic rings. The Morgan fingerprint density at radius 2 is 2.40 bits per heavy atom. The summed E-state index contributed by atoms with van der Waals surface area (Å²) in [6, 6.07) is 0.184. The zero-order chi connectivity index (χ0) is 10.4. The number of fused-ring (bicyclic) bond motifs is 1. The third-order valence-electron chi connectivity index (χ3n) is 2.86. The van der Waals surface area contributed by atoms with Gasteiger partial charge in [-0.1, -0.05) is 0 Å². The Kier molecular flexibility index (Phi) is 1.59. The van der Waals surface area contributed by atoms with Crippen molar-refractivity contribution in [3.8, 4) is 0 Å². The van der Waals surface area contributed by atoms with Gasteiger partial charge in [-0.15, -0.1) is 10.2 Å². The third kappa shape index (κ3) is 1.14. The van der Waals surface area contributed by atoms with Crippen molar-refractivity contribution in [1.29, 1.82) is 0 Å². The van der Waals surface area contributed by atoms with Crippen molar-refractivity contribution >= 4 is 5.69 Å². The van der Waals surface area contributed by atoms with Crippen LogP contribution in [0.3, 0.4) is 0 Å². The van der Waals surface area contributed by atoms with Crippen LogP contribution in [0, 0.1) is 6.92 Å². The molecule has 0 aromatic carbocycles. The molecule has 0 bridgehead atoms. The van der Waals surface area contributed by atoms with Gasteiger partial charge in [0.15, 0.2) is 5.82 Å². The summed E-state index contributed by atoms with van der Waals surface area (Å²) in [5.74, 6) is 0.970. The summed E-state index contributed by atoms with van der Waals surface area (Å²) in [4.78, 5) is 0. The van der Waals surface area contributed by atoms with Crippen LogP contribution < -0.4 is 5.73 Å². The molecule has 2 aromatic heterocycles. The van der Waals surface area contributed by atoms with E-state index in [2.05, 4.69) is 19.9 Å². The molecule has 1 unspecified atom stereocenters. The van der Waals surface area contributed by atoms with Crippen molar-refractivity contribution in [1.82, 2.24) is 24.5 Å². The smallest absolute Gasteiger partial charge is 0.157 e. The molecule has 0 spiro atoms. The number of hydrogen-bond acceptors (Lipinski definition) is 4. The lowest BCUT2D eigenvalue weighted by atomic mass is 10.2. The van der Waals surface area contributed by atoms with Gasteiger partial charge in [0.05, 0.1) is 11.4 Å². The van der Waals surface area contributed by atoms with E-state index in [1.54, 1.807) is 6.33 Å². The molecule has 78 valence electrons. The second kappa shape index (κ2) is 2.82. The molecular weight excluding hydrogens is 192 g/mol. The minimum atomic E-state index is 0.184. The maximum Gasteiger partial charge on any atom is 0.157 e. The molecule has 1 atom stereocenters. The Morgan fingerprint density at radius 3 is 3.13 bits per heavy atom. The monoisotopic (exact) mass is 204 g/mol. The lowest BCUT2D eigenvalue weighted by molar-refractivity contribution is 0.504. The van der Waals surface area contributed by atoms with Crippen molar-refractivity contribution in [3.63, 3.8) is 0 Å². The van der Waals surface area contributed by atoms with Crippen molar-refractivity contribution in [2.24, 2.45) is 0 Å². The number of nitrogens with two attached hydrogens (primary N) is 1. The molecule has 0 radical (unpaired) electrons. The fraction of sp³-hybridized carbons (Fsp3) is 0.444. The first kappa shape index (κ1) is 8.46. The lowest BCUT2D eigenvalue weighted by Crippen LogP contribution is -2.09. The number of nitrogens with zero attached hydrogens (tertiary/aromatic N) is 5. The Labute approximate surface area is 86.7 Å². The van der Waals surface area contributed by atoms with Gasteiger partial charge >= 0.3 is 0 Å². The van der Waals surface area contributed by atoms with Crippen LogP contribution in [0.1, 0.15) is 24.0 Å². The molecule has 0 saturated carbocycles. The molecule has 2 aromatic rings. The quantitative estimate of drug-likeness (QED) is 0.727. The molecule has 0 fully saturated rings. The van der Waals surface area contributed by atoms with Gasteiger partial charge in [0.25, 0.3) is 0 Å². The van der Waals surface area contributed by atoms with Gasteiger partial charge < -0.3 is 10.3 Å². The summed E-state index contributed by atoms with van der Waals surface area (Å²) >= 11 is 0. The first-order valence-corrected chi connectivity index (χ1v) is 4.94. The number of aryl methyl sites for hydroxylation is 2. The number of nitrogen functional groups attached to an aromatic ring is 1. The summed E-state index contributed by atoms with van der Waals surface area (Å²) < 4.78 is 3.94. The number of rotatable bonds is 1. The summed E-state index contributed by atoms with van der Waals surface area (Å²) in [6.45, 7) is 2.86. The highest BCUT2D eigenvalue weighted by atomic mass is 15.4. The molecule has 2 N–H and O–H groups in total. The molecule has 6 nitrogen and oxygen atoms in total. The Morgan fingerprint density at radius 1 is 1.53 bits per heavy atom. The van der Waals surface area contributed by atoms with Crippen LogP contribution >= 0.6 is 0 Å². The SMILES string of the molecule is Cc1nn(C2CCn3cnnc32)cc1N. The first-order chi connectivity index (χ1) is 7.25. The zero-order valence-electron chi connectivity index (χ0n) is 8.46. The summed E-state index contributed by atoms with van der Waals surface area (Å²) in [5.41, 5.74) is 7.38. The fourth-order valence-corrected chi connectivity index (χ4v) is 1.99. The average Bonchev–Trinajstić information content (AvgIpc) is 2.81. The lowest BCUT2D eigenvalue weighted by Gasteiger charge is -2.07. The van der Waals surface area contributed by atoms with Crippen molar-refractivity contribution < 1.29 is 0 Å². The van der Waals surface area contributed by atoms with Crippen LogP contribution in [0.2, 0.25) is 0 Å². The molecule has 6 heteroatoms. The predicted molar refractivity (Wildman–Crippen MR) is 54.2 cm³/mol. The number of aromatic nitrogens is 5. The van der Waals surface area contributed by atoms with Crippen molar-refractivity contribution in [2.45, 2.75) is 25.9 Å². The van der Waals surface area contributed by atoms with E-state index in [-0.39, 0.29) is 6.04 Å². The minimum Gasteiger partial charge on any atom is -0.396 e. The van der Waals surface area contributed by atoms with Crippen molar-refractivity contribution in [2.75, 3.05) is 5.73 Å². The standard InChI is InChI=1S/C9H12N6/c1-6-7(10)4-15(13-6)8-2-3-14-5-11-12-9(8)14/h4-5,8H,2-3,10H2,1H3. The summed E-state index contributed by atoms with van der Waals surface area (Å²) in [7, 11) is 0. The van der Waals surface area contributed by atoms with E-state index in [0.29, 0.717) is 0 Å². The van der Waals surface area contributed by atoms with E-state index < -0.39 is 0 Å². The van der Waals surface area contributed by atoms with Crippen LogP contribution in [-0.4, -0.2) is 24.5 Å². The fourth-order valence-electron chi connectivity index (χ4n) is 1.99. The van der Waals surface area contributed by atoms with Gasteiger partial charge in [0, 0.05) is 12.7 Å². The van der Waals surface area contributed by atoms with E-state index in [0.717, 1.165) is 30.2 Å². The highest BCUT2D eigenvalue weighted by molar-refractivity contribution is 5.39. The molecule has 3 rings (SSSR count). The Balaban J connectivity index is 2.03. The number of anilines is 1. The van der Waals surface area contributed by atoms with E-state index in [4.69, 9.17) is 5.73 Å². The maximum atomic E-state index is 5.78. The second-order valence-corrected chi connectivity index (χ2v) is 3.84. The van der Waals surface area contributed by atoms with Gasteiger partial charge in [-0.3, -0.25) is 4.68 Å². The molecule has 0 amide bonds. The molecule has 1 aliphatic heterocycles.